The summed E-state index contributed by atoms with van der Waals surface area (Å²) in [6.07, 6.45) is 0. The van der Waals surface area contributed by atoms with Crippen molar-refractivity contribution in [2.24, 2.45) is 5.73 Å². The molecule has 2 rings (SSSR count). The van der Waals surface area contributed by atoms with Crippen LogP contribution in [0.2, 0.25) is 5.02 Å². The predicted molar refractivity (Wildman–Crippen MR) is 70.7 cm³/mol. The van der Waals surface area contributed by atoms with Gasteiger partial charge in [-0.2, -0.15) is 5.10 Å². The van der Waals surface area contributed by atoms with E-state index in [1.165, 1.54) is 0 Å². The monoisotopic (exact) mass is 249 g/mol. The van der Waals surface area contributed by atoms with Crippen molar-refractivity contribution in [3.63, 3.8) is 0 Å². The number of hydrogen-bond acceptors (Lipinski definition) is 2. The Labute approximate surface area is 106 Å². The molecule has 0 spiro atoms. The third kappa shape index (κ3) is 2.21. The van der Waals surface area contributed by atoms with Crippen molar-refractivity contribution in [2.75, 3.05) is 0 Å². The van der Waals surface area contributed by atoms with E-state index in [4.69, 9.17) is 17.3 Å². The van der Waals surface area contributed by atoms with E-state index in [9.17, 15) is 0 Å². The first-order valence-electron chi connectivity index (χ1n) is 5.58. The smallest absolute Gasteiger partial charge is 0.0649 e. The van der Waals surface area contributed by atoms with E-state index in [1.54, 1.807) is 0 Å². The van der Waals surface area contributed by atoms with Crippen molar-refractivity contribution < 1.29 is 0 Å². The molecule has 90 valence electrons. The molecule has 0 aliphatic heterocycles. The first kappa shape index (κ1) is 12.1. The SMILES string of the molecule is Cc1nn(-c2ccc(Cl)cc2)c(C)c1C(C)N. The molecule has 4 heteroatoms. The lowest BCUT2D eigenvalue weighted by molar-refractivity contribution is 0.795. The van der Waals surface area contributed by atoms with E-state index < -0.39 is 0 Å². The van der Waals surface area contributed by atoms with Crippen LogP contribution in [0.3, 0.4) is 0 Å². The van der Waals surface area contributed by atoms with Crippen LogP contribution >= 0.6 is 11.6 Å². The second-order valence-corrected chi connectivity index (χ2v) is 4.70. The summed E-state index contributed by atoms with van der Waals surface area (Å²) in [5.41, 5.74) is 10.1. The van der Waals surface area contributed by atoms with Crippen molar-refractivity contribution in [2.45, 2.75) is 26.8 Å². The fourth-order valence-corrected chi connectivity index (χ4v) is 2.27. The van der Waals surface area contributed by atoms with E-state index in [0.717, 1.165) is 27.7 Å². The maximum absolute atomic E-state index is 5.96. The van der Waals surface area contributed by atoms with Crippen LogP contribution < -0.4 is 5.73 Å². The highest BCUT2D eigenvalue weighted by atomic mass is 35.5. The zero-order valence-electron chi connectivity index (χ0n) is 10.2. The normalized spacial score (nSPS) is 12.8. The molecule has 17 heavy (non-hydrogen) atoms. The van der Waals surface area contributed by atoms with Gasteiger partial charge in [-0.3, -0.25) is 0 Å². The van der Waals surface area contributed by atoms with E-state index in [2.05, 4.69) is 5.10 Å². The average Bonchev–Trinajstić information content (AvgIpc) is 2.55. The molecule has 0 radical (unpaired) electrons. The lowest BCUT2D eigenvalue weighted by atomic mass is 10.1. The van der Waals surface area contributed by atoms with Crippen LogP contribution in [0.15, 0.2) is 24.3 Å². The summed E-state index contributed by atoms with van der Waals surface area (Å²) in [5, 5.41) is 5.25. The highest BCUT2D eigenvalue weighted by Gasteiger charge is 2.15. The van der Waals surface area contributed by atoms with Gasteiger partial charge in [0.05, 0.1) is 11.4 Å². The second kappa shape index (κ2) is 4.51. The van der Waals surface area contributed by atoms with Crippen molar-refractivity contribution >= 4 is 11.6 Å². The Morgan fingerprint density at radius 3 is 2.29 bits per heavy atom. The molecule has 0 amide bonds. The fourth-order valence-electron chi connectivity index (χ4n) is 2.15. The zero-order valence-corrected chi connectivity index (χ0v) is 11.0. The Morgan fingerprint density at radius 1 is 1.24 bits per heavy atom. The van der Waals surface area contributed by atoms with Crippen molar-refractivity contribution in [3.8, 4) is 5.69 Å². The molecule has 3 nitrogen and oxygen atoms in total. The average molecular weight is 250 g/mol. The maximum atomic E-state index is 5.96. The van der Waals surface area contributed by atoms with Gasteiger partial charge in [-0.15, -0.1) is 0 Å². The highest BCUT2D eigenvalue weighted by Crippen LogP contribution is 2.23. The number of nitrogens with zero attached hydrogens (tertiary/aromatic N) is 2. The van der Waals surface area contributed by atoms with Crippen LogP contribution in [0.5, 0.6) is 0 Å². The van der Waals surface area contributed by atoms with Gasteiger partial charge >= 0.3 is 0 Å². The Balaban J connectivity index is 2.53. The van der Waals surface area contributed by atoms with Crippen molar-refractivity contribution in [3.05, 3.63) is 46.2 Å². The van der Waals surface area contributed by atoms with Crippen LogP contribution in [0, 0.1) is 13.8 Å². The van der Waals surface area contributed by atoms with Crippen LogP contribution in [0.4, 0.5) is 0 Å². The molecule has 0 aliphatic rings. The minimum absolute atomic E-state index is 0.00366. The minimum Gasteiger partial charge on any atom is -0.324 e. The number of benzene rings is 1. The number of halogens is 1. The Morgan fingerprint density at radius 2 is 1.82 bits per heavy atom. The summed E-state index contributed by atoms with van der Waals surface area (Å²) in [6.45, 7) is 5.99. The molecule has 2 aromatic rings. The van der Waals surface area contributed by atoms with Gasteiger partial charge in [0.15, 0.2) is 0 Å². The van der Waals surface area contributed by atoms with Crippen molar-refractivity contribution in [1.82, 2.24) is 9.78 Å². The van der Waals surface area contributed by atoms with Gasteiger partial charge < -0.3 is 5.73 Å². The third-order valence-electron chi connectivity index (χ3n) is 2.87. The van der Waals surface area contributed by atoms with Gasteiger partial charge in [0, 0.05) is 22.3 Å². The first-order valence-corrected chi connectivity index (χ1v) is 5.96. The fraction of sp³-hybridized carbons (Fsp3) is 0.308. The third-order valence-corrected chi connectivity index (χ3v) is 3.13. The molecule has 0 aliphatic carbocycles. The summed E-state index contributed by atoms with van der Waals surface area (Å²) < 4.78 is 1.91. The summed E-state index contributed by atoms with van der Waals surface area (Å²) in [5.74, 6) is 0. The second-order valence-electron chi connectivity index (χ2n) is 4.26. The number of hydrogen-bond donors (Lipinski definition) is 1. The van der Waals surface area contributed by atoms with E-state index in [-0.39, 0.29) is 6.04 Å². The number of nitrogens with two attached hydrogens (primary N) is 1. The summed E-state index contributed by atoms with van der Waals surface area (Å²) in [4.78, 5) is 0. The van der Waals surface area contributed by atoms with Crippen molar-refractivity contribution in [1.29, 1.82) is 0 Å². The molecule has 0 saturated carbocycles. The number of rotatable bonds is 2. The van der Waals surface area contributed by atoms with Gasteiger partial charge in [-0.25, -0.2) is 4.68 Å². The molecule has 0 bridgehead atoms. The van der Waals surface area contributed by atoms with Gasteiger partial charge in [0.25, 0.3) is 0 Å². The summed E-state index contributed by atoms with van der Waals surface area (Å²) in [6, 6.07) is 7.62. The van der Waals surface area contributed by atoms with E-state index in [0.29, 0.717) is 0 Å². The van der Waals surface area contributed by atoms with Crippen LogP contribution in [0.1, 0.15) is 29.9 Å². The molecular weight excluding hydrogens is 234 g/mol. The van der Waals surface area contributed by atoms with Crippen LogP contribution in [-0.2, 0) is 0 Å². The van der Waals surface area contributed by atoms with Gasteiger partial charge in [0.2, 0.25) is 0 Å². The Hall–Kier alpha value is -1.32. The Kier molecular flexibility index (Phi) is 3.22. The van der Waals surface area contributed by atoms with Gasteiger partial charge in [-0.1, -0.05) is 11.6 Å². The standard InChI is InChI=1S/C13H16ClN3/c1-8(15)13-9(2)16-17(10(13)3)12-6-4-11(14)5-7-12/h4-8H,15H2,1-3H3. The molecule has 1 heterocycles. The highest BCUT2D eigenvalue weighted by molar-refractivity contribution is 6.30. The predicted octanol–water partition coefficient (Wildman–Crippen LogP) is 3.16. The van der Waals surface area contributed by atoms with Gasteiger partial charge in [0.1, 0.15) is 0 Å². The molecule has 2 N–H and O–H groups in total. The van der Waals surface area contributed by atoms with E-state index in [1.807, 2.05) is 49.7 Å². The molecule has 0 fully saturated rings. The maximum Gasteiger partial charge on any atom is 0.0649 e. The van der Waals surface area contributed by atoms with E-state index >= 15 is 0 Å². The first-order chi connectivity index (χ1) is 8.00. The molecule has 1 aromatic heterocycles. The van der Waals surface area contributed by atoms with Gasteiger partial charge in [-0.05, 0) is 45.0 Å². The summed E-state index contributed by atoms with van der Waals surface area (Å²) >= 11 is 5.88. The quantitative estimate of drug-likeness (QED) is 0.889. The van der Waals surface area contributed by atoms with Crippen LogP contribution in [0.25, 0.3) is 5.69 Å². The topological polar surface area (TPSA) is 43.8 Å². The lowest BCUT2D eigenvalue weighted by Gasteiger charge is -2.07. The molecular formula is C13H16ClN3. The van der Waals surface area contributed by atoms with Crippen LogP contribution in [-0.4, -0.2) is 9.78 Å². The number of aryl methyl sites for hydroxylation is 1. The molecule has 1 unspecified atom stereocenters. The molecule has 1 atom stereocenters. The zero-order chi connectivity index (χ0) is 12.6. The Bertz CT molecular complexity index is 526. The molecule has 0 saturated heterocycles. The minimum atomic E-state index is -0.00366. The largest absolute Gasteiger partial charge is 0.324 e. The molecule has 1 aromatic carbocycles. The number of aromatic nitrogens is 2. The summed E-state index contributed by atoms with van der Waals surface area (Å²) in [7, 11) is 0. The lowest BCUT2D eigenvalue weighted by Crippen LogP contribution is -2.07.